The average Bonchev–Trinajstić information content (AvgIpc) is 2.15. The predicted octanol–water partition coefficient (Wildman–Crippen LogP) is 0.819. The number of amidine groups is 1. The van der Waals surface area contributed by atoms with Crippen molar-refractivity contribution in [2.75, 3.05) is 0 Å². The Morgan fingerprint density at radius 3 is 2.47 bits per heavy atom. The van der Waals surface area contributed by atoms with E-state index in [2.05, 4.69) is 4.72 Å². The normalized spacial score (nSPS) is 13.3. The Hall–Kier alpha value is -1.47. The molecule has 0 saturated heterocycles. The molecular formula is C10H14FN3O2S. The molecule has 0 spiro atoms. The molecule has 4 N–H and O–H groups in total. The quantitative estimate of drug-likeness (QED) is 0.539. The lowest BCUT2D eigenvalue weighted by Crippen LogP contribution is -2.35. The van der Waals surface area contributed by atoms with Crippen LogP contribution in [0, 0.1) is 11.2 Å². The Labute approximate surface area is 99.4 Å². The zero-order valence-corrected chi connectivity index (χ0v) is 10.1. The number of halogens is 1. The molecule has 1 atom stereocenters. The molecule has 1 aromatic rings. The monoisotopic (exact) mass is 259 g/mol. The van der Waals surface area contributed by atoms with Crippen LogP contribution in [0.15, 0.2) is 29.2 Å². The van der Waals surface area contributed by atoms with Gasteiger partial charge in [-0.15, -0.1) is 0 Å². The summed E-state index contributed by atoms with van der Waals surface area (Å²) in [5, 5.41) is 7.06. The molecule has 7 heteroatoms. The molecular weight excluding hydrogens is 245 g/mol. The van der Waals surface area contributed by atoms with Crippen molar-refractivity contribution in [2.45, 2.75) is 24.3 Å². The number of sulfonamides is 1. The molecule has 0 radical (unpaired) electrons. The van der Waals surface area contributed by atoms with Gasteiger partial charge in [-0.05, 0) is 31.2 Å². The lowest BCUT2D eigenvalue weighted by molar-refractivity contribution is 0.563. The van der Waals surface area contributed by atoms with Gasteiger partial charge in [0.2, 0.25) is 10.0 Å². The van der Waals surface area contributed by atoms with Crippen molar-refractivity contribution in [3.05, 3.63) is 30.1 Å². The largest absolute Gasteiger partial charge is 0.388 e. The zero-order valence-electron chi connectivity index (χ0n) is 9.27. The number of benzene rings is 1. The van der Waals surface area contributed by atoms with Crippen molar-refractivity contribution in [3.8, 4) is 0 Å². The lowest BCUT2D eigenvalue weighted by atomic mass is 10.2. The smallest absolute Gasteiger partial charge is 0.240 e. The van der Waals surface area contributed by atoms with Crippen LogP contribution in [0.5, 0.6) is 0 Å². The zero-order chi connectivity index (χ0) is 13.1. The second-order valence-corrected chi connectivity index (χ2v) is 5.42. The summed E-state index contributed by atoms with van der Waals surface area (Å²) in [6.45, 7) is 1.60. The summed E-state index contributed by atoms with van der Waals surface area (Å²) in [6, 6.07) is 4.02. The van der Waals surface area contributed by atoms with Crippen LogP contribution in [0.2, 0.25) is 0 Å². The van der Waals surface area contributed by atoms with E-state index in [4.69, 9.17) is 11.1 Å². The van der Waals surface area contributed by atoms with Crippen molar-refractivity contribution < 1.29 is 12.8 Å². The van der Waals surface area contributed by atoms with E-state index >= 15 is 0 Å². The highest BCUT2D eigenvalue weighted by Gasteiger charge is 2.17. The summed E-state index contributed by atoms with van der Waals surface area (Å²) in [5.41, 5.74) is 5.17. The maximum absolute atomic E-state index is 12.6. The van der Waals surface area contributed by atoms with Gasteiger partial charge in [-0.2, -0.15) is 0 Å². The van der Waals surface area contributed by atoms with E-state index in [1.165, 1.54) is 12.1 Å². The third-order valence-corrected chi connectivity index (χ3v) is 3.61. The standard InChI is InChI=1S/C10H14FN3O2S/c1-7(6-10(12)13)14-17(15,16)9-4-2-8(11)3-5-9/h2-5,7,14H,6H2,1H3,(H3,12,13). The van der Waals surface area contributed by atoms with Gasteiger partial charge in [0.25, 0.3) is 0 Å². The van der Waals surface area contributed by atoms with E-state index in [9.17, 15) is 12.8 Å². The Morgan fingerprint density at radius 1 is 1.47 bits per heavy atom. The summed E-state index contributed by atoms with van der Waals surface area (Å²) in [4.78, 5) is -0.0192. The van der Waals surface area contributed by atoms with Gasteiger partial charge in [-0.3, -0.25) is 5.41 Å². The highest BCUT2D eigenvalue weighted by atomic mass is 32.2. The highest BCUT2D eigenvalue weighted by Crippen LogP contribution is 2.10. The predicted molar refractivity (Wildman–Crippen MR) is 62.7 cm³/mol. The van der Waals surface area contributed by atoms with Crippen molar-refractivity contribution in [3.63, 3.8) is 0 Å². The third kappa shape index (κ3) is 4.12. The molecule has 0 aromatic heterocycles. The van der Waals surface area contributed by atoms with E-state index < -0.39 is 21.9 Å². The summed E-state index contributed by atoms with van der Waals surface area (Å²) < 4.78 is 38.6. The molecule has 0 aliphatic rings. The van der Waals surface area contributed by atoms with Crippen LogP contribution < -0.4 is 10.5 Å². The van der Waals surface area contributed by atoms with Gasteiger partial charge < -0.3 is 5.73 Å². The minimum absolute atomic E-state index is 0.0192. The van der Waals surface area contributed by atoms with Crippen molar-refractivity contribution in [1.82, 2.24) is 4.72 Å². The molecule has 1 unspecified atom stereocenters. The Balaban J connectivity index is 2.82. The SMILES string of the molecule is CC(CC(=N)N)NS(=O)(=O)c1ccc(F)cc1. The van der Waals surface area contributed by atoms with Crippen LogP contribution in [0.1, 0.15) is 13.3 Å². The number of hydrogen-bond acceptors (Lipinski definition) is 3. The Bertz CT molecular complexity index is 499. The van der Waals surface area contributed by atoms with E-state index in [1.54, 1.807) is 6.92 Å². The van der Waals surface area contributed by atoms with Crippen LogP contribution >= 0.6 is 0 Å². The van der Waals surface area contributed by atoms with Gasteiger partial charge >= 0.3 is 0 Å². The first-order valence-electron chi connectivity index (χ1n) is 4.92. The molecule has 5 nitrogen and oxygen atoms in total. The van der Waals surface area contributed by atoms with Gasteiger partial charge in [-0.1, -0.05) is 0 Å². The maximum Gasteiger partial charge on any atom is 0.240 e. The number of nitrogens with one attached hydrogen (secondary N) is 2. The second kappa shape index (κ2) is 5.24. The Morgan fingerprint density at radius 2 is 2.00 bits per heavy atom. The molecule has 0 aliphatic carbocycles. The van der Waals surface area contributed by atoms with Gasteiger partial charge in [0.15, 0.2) is 0 Å². The van der Waals surface area contributed by atoms with Gasteiger partial charge in [-0.25, -0.2) is 17.5 Å². The number of rotatable bonds is 5. The first-order valence-corrected chi connectivity index (χ1v) is 6.40. The van der Waals surface area contributed by atoms with Crippen molar-refractivity contribution in [2.24, 2.45) is 5.73 Å². The van der Waals surface area contributed by atoms with E-state index in [-0.39, 0.29) is 17.2 Å². The molecule has 0 aliphatic heterocycles. The third-order valence-electron chi connectivity index (χ3n) is 2.01. The van der Waals surface area contributed by atoms with Crippen molar-refractivity contribution >= 4 is 15.9 Å². The number of hydrogen-bond donors (Lipinski definition) is 3. The maximum atomic E-state index is 12.6. The first-order chi connectivity index (χ1) is 7.81. The second-order valence-electron chi connectivity index (χ2n) is 3.71. The van der Waals surface area contributed by atoms with Crippen molar-refractivity contribution in [1.29, 1.82) is 5.41 Å². The topological polar surface area (TPSA) is 96.0 Å². The molecule has 0 saturated carbocycles. The van der Waals surface area contributed by atoms with E-state index in [0.29, 0.717) is 0 Å². The molecule has 0 fully saturated rings. The van der Waals surface area contributed by atoms with Gasteiger partial charge in [0.05, 0.1) is 10.7 Å². The van der Waals surface area contributed by atoms with Crippen LogP contribution in [0.25, 0.3) is 0 Å². The fourth-order valence-electron chi connectivity index (χ4n) is 1.32. The summed E-state index contributed by atoms with van der Waals surface area (Å²) in [5.74, 6) is -0.597. The first kappa shape index (κ1) is 13.6. The molecule has 1 rings (SSSR count). The van der Waals surface area contributed by atoms with Crippen LogP contribution in [0.4, 0.5) is 4.39 Å². The average molecular weight is 259 g/mol. The van der Waals surface area contributed by atoms with Crippen LogP contribution in [-0.2, 0) is 10.0 Å². The molecule has 0 amide bonds. The van der Waals surface area contributed by atoms with Gasteiger partial charge in [0, 0.05) is 12.5 Å². The van der Waals surface area contributed by atoms with Crippen LogP contribution in [0.3, 0.4) is 0 Å². The van der Waals surface area contributed by atoms with E-state index in [0.717, 1.165) is 12.1 Å². The lowest BCUT2D eigenvalue weighted by Gasteiger charge is -2.13. The van der Waals surface area contributed by atoms with E-state index in [1.807, 2.05) is 0 Å². The minimum Gasteiger partial charge on any atom is -0.388 e. The molecule has 0 heterocycles. The Kier molecular flexibility index (Phi) is 4.19. The molecule has 94 valence electrons. The fourth-order valence-corrected chi connectivity index (χ4v) is 2.56. The minimum atomic E-state index is -3.69. The van der Waals surface area contributed by atoms with Crippen LogP contribution in [-0.4, -0.2) is 20.3 Å². The number of nitrogens with two attached hydrogens (primary N) is 1. The summed E-state index contributed by atoms with van der Waals surface area (Å²) >= 11 is 0. The summed E-state index contributed by atoms with van der Waals surface area (Å²) in [7, 11) is -3.69. The fraction of sp³-hybridized carbons (Fsp3) is 0.300. The molecule has 1 aromatic carbocycles. The summed E-state index contributed by atoms with van der Waals surface area (Å²) in [6.07, 6.45) is 0.125. The van der Waals surface area contributed by atoms with Gasteiger partial charge in [0.1, 0.15) is 5.82 Å². The molecule has 0 bridgehead atoms. The molecule has 17 heavy (non-hydrogen) atoms. The highest BCUT2D eigenvalue weighted by molar-refractivity contribution is 7.89.